The van der Waals surface area contributed by atoms with Crippen LogP contribution in [0.1, 0.15) is 27.9 Å². The molecule has 0 aliphatic carbocycles. The van der Waals surface area contributed by atoms with E-state index >= 15 is 0 Å². The van der Waals surface area contributed by atoms with E-state index in [0.29, 0.717) is 5.56 Å². The molecule has 1 aliphatic heterocycles. The Balaban J connectivity index is 2.08. The van der Waals surface area contributed by atoms with Gasteiger partial charge in [-0.05, 0) is 36.6 Å². The smallest absolute Gasteiger partial charge is 0.174 e. The highest BCUT2D eigenvalue weighted by atomic mass is 16.4. The van der Waals surface area contributed by atoms with Gasteiger partial charge < -0.3 is 15.8 Å². The van der Waals surface area contributed by atoms with E-state index in [4.69, 9.17) is 10.9 Å². The van der Waals surface area contributed by atoms with Crippen LogP contribution in [0.4, 0.5) is 5.82 Å². The molecular weight excluding hydrogens is 264 g/mol. The molecule has 0 atom stereocenters. The predicted octanol–water partition coefficient (Wildman–Crippen LogP) is 2.31. The number of aryl methyl sites for hydroxylation is 2. The van der Waals surface area contributed by atoms with E-state index in [1.54, 1.807) is 0 Å². The Morgan fingerprint density at radius 2 is 1.86 bits per heavy atom. The second-order valence-electron chi connectivity index (χ2n) is 5.39. The molecule has 2 heterocycles. The highest BCUT2D eigenvalue weighted by Gasteiger charge is 2.24. The summed E-state index contributed by atoms with van der Waals surface area (Å²) in [5, 5.41) is 12.2. The fourth-order valence-corrected chi connectivity index (χ4v) is 2.90. The molecule has 0 bridgehead atoms. The quantitative estimate of drug-likeness (QED) is 0.383. The van der Waals surface area contributed by atoms with Crippen LogP contribution >= 0.6 is 0 Å². The number of benzene rings is 1. The second-order valence-corrected chi connectivity index (χ2v) is 5.39. The van der Waals surface area contributed by atoms with Crippen LogP contribution in [-0.4, -0.2) is 16.0 Å². The number of pyridine rings is 1. The Morgan fingerprint density at radius 3 is 2.43 bits per heavy atom. The molecule has 0 saturated carbocycles. The monoisotopic (exact) mass is 282 g/mol. The van der Waals surface area contributed by atoms with Crippen LogP contribution in [0.15, 0.2) is 35.5 Å². The minimum Gasteiger partial charge on any atom is -0.409 e. The molecule has 3 N–H and O–H groups in total. The summed E-state index contributed by atoms with van der Waals surface area (Å²) >= 11 is 0. The van der Waals surface area contributed by atoms with Crippen molar-refractivity contribution in [1.29, 1.82) is 0 Å². The number of amidine groups is 1. The van der Waals surface area contributed by atoms with E-state index in [9.17, 15) is 0 Å². The Bertz CT molecular complexity index is 699. The molecule has 5 heteroatoms. The SMILES string of the molecule is Cc1cc(C)c(C(N)=NO)c(N2Cc3ccccc3C2)n1. The highest BCUT2D eigenvalue weighted by molar-refractivity contribution is 6.02. The van der Waals surface area contributed by atoms with Gasteiger partial charge in [0.15, 0.2) is 5.84 Å². The third-order valence-corrected chi connectivity index (χ3v) is 3.83. The molecular formula is C16H18N4O. The average Bonchev–Trinajstić information content (AvgIpc) is 2.89. The van der Waals surface area contributed by atoms with Crippen molar-refractivity contribution in [3.63, 3.8) is 0 Å². The predicted molar refractivity (Wildman–Crippen MR) is 82.6 cm³/mol. The van der Waals surface area contributed by atoms with Crippen molar-refractivity contribution in [2.24, 2.45) is 10.9 Å². The first-order chi connectivity index (χ1) is 10.1. The van der Waals surface area contributed by atoms with E-state index in [0.717, 1.165) is 30.2 Å². The van der Waals surface area contributed by atoms with Gasteiger partial charge in [0.1, 0.15) is 5.82 Å². The molecule has 3 rings (SSSR count). The van der Waals surface area contributed by atoms with E-state index in [1.807, 2.05) is 32.0 Å². The van der Waals surface area contributed by atoms with Gasteiger partial charge in [0, 0.05) is 18.8 Å². The van der Waals surface area contributed by atoms with Crippen LogP contribution in [0.2, 0.25) is 0 Å². The topological polar surface area (TPSA) is 74.7 Å². The van der Waals surface area contributed by atoms with Gasteiger partial charge in [-0.15, -0.1) is 0 Å². The van der Waals surface area contributed by atoms with Gasteiger partial charge in [-0.2, -0.15) is 0 Å². The first kappa shape index (κ1) is 13.4. The van der Waals surface area contributed by atoms with Crippen molar-refractivity contribution in [2.45, 2.75) is 26.9 Å². The lowest BCUT2D eigenvalue weighted by molar-refractivity contribution is 0.318. The normalized spacial score (nSPS) is 14.4. The Kier molecular flexibility index (Phi) is 3.25. The summed E-state index contributed by atoms with van der Waals surface area (Å²) in [5.41, 5.74) is 11.0. The zero-order valence-electron chi connectivity index (χ0n) is 12.2. The van der Waals surface area contributed by atoms with Gasteiger partial charge >= 0.3 is 0 Å². The Labute approximate surface area is 123 Å². The standard InChI is InChI=1S/C16H18N4O/c1-10-7-11(2)18-16(14(10)15(17)19-21)20-8-12-5-3-4-6-13(12)9-20/h3-7,21H,8-9H2,1-2H3,(H2,17,19). The minimum atomic E-state index is 0.103. The number of hydrogen-bond acceptors (Lipinski definition) is 4. The summed E-state index contributed by atoms with van der Waals surface area (Å²) in [6.07, 6.45) is 0. The molecule has 5 nitrogen and oxygen atoms in total. The van der Waals surface area contributed by atoms with Crippen molar-refractivity contribution < 1.29 is 5.21 Å². The van der Waals surface area contributed by atoms with Gasteiger partial charge in [-0.1, -0.05) is 29.4 Å². The van der Waals surface area contributed by atoms with Crippen molar-refractivity contribution in [3.8, 4) is 0 Å². The third-order valence-electron chi connectivity index (χ3n) is 3.83. The second kappa shape index (κ2) is 5.09. The molecule has 1 aromatic carbocycles. The number of hydrogen-bond donors (Lipinski definition) is 2. The van der Waals surface area contributed by atoms with Gasteiger partial charge in [-0.25, -0.2) is 4.98 Å². The molecule has 0 spiro atoms. The summed E-state index contributed by atoms with van der Waals surface area (Å²) in [4.78, 5) is 6.79. The fraction of sp³-hybridized carbons (Fsp3) is 0.250. The average molecular weight is 282 g/mol. The maximum atomic E-state index is 9.04. The van der Waals surface area contributed by atoms with Crippen molar-refractivity contribution in [3.05, 3.63) is 58.3 Å². The van der Waals surface area contributed by atoms with Gasteiger partial charge in [0.05, 0.1) is 5.56 Å². The van der Waals surface area contributed by atoms with E-state index < -0.39 is 0 Å². The van der Waals surface area contributed by atoms with Gasteiger partial charge in [-0.3, -0.25) is 0 Å². The van der Waals surface area contributed by atoms with Crippen LogP contribution < -0.4 is 10.6 Å². The van der Waals surface area contributed by atoms with Gasteiger partial charge in [0.25, 0.3) is 0 Å². The first-order valence-corrected chi connectivity index (χ1v) is 6.88. The molecule has 2 aromatic rings. The lowest BCUT2D eigenvalue weighted by atomic mass is 10.1. The molecule has 1 aromatic heterocycles. The summed E-state index contributed by atoms with van der Waals surface area (Å²) in [5.74, 6) is 0.880. The van der Waals surface area contributed by atoms with Crippen molar-refractivity contribution in [1.82, 2.24) is 4.98 Å². The summed E-state index contributed by atoms with van der Waals surface area (Å²) < 4.78 is 0. The van der Waals surface area contributed by atoms with E-state index in [1.165, 1.54) is 11.1 Å². The van der Waals surface area contributed by atoms with Crippen molar-refractivity contribution in [2.75, 3.05) is 4.90 Å². The van der Waals surface area contributed by atoms with Gasteiger partial charge in [0.2, 0.25) is 0 Å². The maximum Gasteiger partial charge on any atom is 0.174 e. The lowest BCUT2D eigenvalue weighted by Gasteiger charge is -2.21. The van der Waals surface area contributed by atoms with Crippen LogP contribution in [0.5, 0.6) is 0 Å². The van der Waals surface area contributed by atoms with Crippen molar-refractivity contribution >= 4 is 11.7 Å². The summed E-state index contributed by atoms with van der Waals surface area (Å²) in [6, 6.07) is 10.3. The van der Waals surface area contributed by atoms with E-state index in [-0.39, 0.29) is 5.84 Å². The Hall–Kier alpha value is -2.56. The Morgan fingerprint density at radius 1 is 1.24 bits per heavy atom. The molecule has 1 aliphatic rings. The number of nitrogens with two attached hydrogens (primary N) is 1. The number of fused-ring (bicyclic) bond motifs is 1. The third kappa shape index (κ3) is 2.31. The number of rotatable bonds is 2. The largest absolute Gasteiger partial charge is 0.409 e. The molecule has 0 amide bonds. The lowest BCUT2D eigenvalue weighted by Crippen LogP contribution is -2.24. The molecule has 0 radical (unpaired) electrons. The first-order valence-electron chi connectivity index (χ1n) is 6.88. The molecule has 0 unspecified atom stereocenters. The number of anilines is 1. The fourth-order valence-electron chi connectivity index (χ4n) is 2.90. The molecule has 21 heavy (non-hydrogen) atoms. The van der Waals surface area contributed by atoms with Crippen LogP contribution in [-0.2, 0) is 13.1 Å². The zero-order chi connectivity index (χ0) is 15.0. The zero-order valence-corrected chi connectivity index (χ0v) is 12.2. The number of nitrogens with zero attached hydrogens (tertiary/aromatic N) is 3. The summed E-state index contributed by atoms with van der Waals surface area (Å²) in [7, 11) is 0. The maximum absolute atomic E-state index is 9.04. The van der Waals surface area contributed by atoms with Crippen LogP contribution in [0, 0.1) is 13.8 Å². The molecule has 108 valence electrons. The highest BCUT2D eigenvalue weighted by Crippen LogP contribution is 2.30. The molecule has 0 saturated heterocycles. The van der Waals surface area contributed by atoms with Crippen LogP contribution in [0.3, 0.4) is 0 Å². The van der Waals surface area contributed by atoms with Crippen LogP contribution in [0.25, 0.3) is 0 Å². The number of aromatic nitrogens is 1. The minimum absolute atomic E-state index is 0.103. The molecule has 0 fully saturated rings. The summed E-state index contributed by atoms with van der Waals surface area (Å²) in [6.45, 7) is 5.49. The number of oxime groups is 1. The van der Waals surface area contributed by atoms with E-state index in [2.05, 4.69) is 27.2 Å².